The highest BCUT2D eigenvalue weighted by molar-refractivity contribution is 5.72. The molecule has 0 unspecified atom stereocenters. The minimum absolute atomic E-state index is 0.236. The third-order valence-corrected chi connectivity index (χ3v) is 6.79. The van der Waals surface area contributed by atoms with Crippen molar-refractivity contribution in [3.63, 3.8) is 0 Å². The summed E-state index contributed by atoms with van der Waals surface area (Å²) < 4.78 is 22.0. The standard InChI is InChI=1S/C30H26FN7O2/c1-36-29(39)18-25(23-12-15-32-19-24(23)31)35-30(36)37-16-17-40-26(20-37)21-8-10-22(11-9-21)38(27-6-2-4-13-33-27)28-7-3-5-14-34-28/h2-15,18-19,26H,16-17,20H2,1H3/t26-/m1/s1. The van der Waals surface area contributed by atoms with Crippen molar-refractivity contribution in [2.24, 2.45) is 7.05 Å². The summed E-state index contributed by atoms with van der Waals surface area (Å²) in [6.45, 7) is 1.47. The molecule has 0 spiro atoms. The fourth-order valence-electron chi connectivity index (χ4n) is 4.76. The maximum atomic E-state index is 14.4. The molecule has 0 radical (unpaired) electrons. The quantitative estimate of drug-likeness (QED) is 0.306. The van der Waals surface area contributed by atoms with E-state index in [2.05, 4.69) is 19.9 Å². The number of aromatic nitrogens is 5. The molecule has 5 aromatic rings. The number of anilines is 4. The Hall–Kier alpha value is -4.96. The number of nitrogens with zero attached hydrogens (tertiary/aromatic N) is 7. The average molecular weight is 536 g/mol. The summed E-state index contributed by atoms with van der Waals surface area (Å²) in [6.07, 6.45) is 5.85. The van der Waals surface area contributed by atoms with Crippen LogP contribution in [-0.4, -0.2) is 44.2 Å². The van der Waals surface area contributed by atoms with Gasteiger partial charge in [0.05, 0.1) is 25.0 Å². The lowest BCUT2D eigenvalue weighted by Crippen LogP contribution is -2.41. The van der Waals surface area contributed by atoms with E-state index in [0.717, 1.165) is 29.1 Å². The third kappa shape index (κ3) is 5.04. The Morgan fingerprint density at radius 3 is 2.33 bits per heavy atom. The Bertz CT molecular complexity index is 1620. The van der Waals surface area contributed by atoms with E-state index in [-0.39, 0.29) is 22.9 Å². The smallest absolute Gasteiger partial charge is 0.255 e. The van der Waals surface area contributed by atoms with E-state index in [1.165, 1.54) is 22.9 Å². The first kappa shape index (κ1) is 25.3. The molecule has 9 nitrogen and oxygen atoms in total. The summed E-state index contributed by atoms with van der Waals surface area (Å²) in [5.74, 6) is 1.44. The van der Waals surface area contributed by atoms with Crippen LogP contribution in [0.25, 0.3) is 11.3 Å². The molecular weight excluding hydrogens is 509 g/mol. The van der Waals surface area contributed by atoms with Crippen LogP contribution >= 0.6 is 0 Å². The predicted molar refractivity (Wildman–Crippen MR) is 150 cm³/mol. The van der Waals surface area contributed by atoms with E-state index in [0.29, 0.717) is 25.6 Å². The van der Waals surface area contributed by atoms with E-state index in [1.54, 1.807) is 19.4 Å². The summed E-state index contributed by atoms with van der Waals surface area (Å²) >= 11 is 0. The maximum absolute atomic E-state index is 14.4. The largest absolute Gasteiger partial charge is 0.370 e. The van der Waals surface area contributed by atoms with Crippen LogP contribution in [0.4, 0.5) is 27.7 Å². The number of hydrogen-bond donors (Lipinski definition) is 0. The van der Waals surface area contributed by atoms with E-state index in [1.807, 2.05) is 70.5 Å². The lowest BCUT2D eigenvalue weighted by Gasteiger charge is -2.34. The molecular formula is C30H26FN7O2. The van der Waals surface area contributed by atoms with Gasteiger partial charge in [-0.1, -0.05) is 24.3 Å². The Balaban J connectivity index is 1.28. The molecule has 0 bridgehead atoms. The first-order valence-electron chi connectivity index (χ1n) is 12.8. The molecule has 1 saturated heterocycles. The van der Waals surface area contributed by atoms with Gasteiger partial charge in [0.15, 0.2) is 5.82 Å². The highest BCUT2D eigenvalue weighted by atomic mass is 19.1. The van der Waals surface area contributed by atoms with Crippen molar-refractivity contribution in [3.05, 3.63) is 119 Å². The zero-order valence-electron chi connectivity index (χ0n) is 21.8. The molecule has 4 aromatic heterocycles. The monoisotopic (exact) mass is 535 g/mol. The SMILES string of the molecule is Cn1c(N2CCO[C@@H](c3ccc(N(c4ccccn4)c4ccccn4)cc3)C2)nc(-c2ccncc2F)cc1=O. The summed E-state index contributed by atoms with van der Waals surface area (Å²) in [5.41, 5.74) is 2.13. The van der Waals surface area contributed by atoms with Crippen LogP contribution in [0.1, 0.15) is 11.7 Å². The lowest BCUT2D eigenvalue weighted by atomic mass is 10.1. The molecule has 1 fully saturated rings. The third-order valence-electron chi connectivity index (χ3n) is 6.79. The molecule has 40 heavy (non-hydrogen) atoms. The normalized spacial score (nSPS) is 15.2. The van der Waals surface area contributed by atoms with Gasteiger partial charge in [0.1, 0.15) is 17.7 Å². The van der Waals surface area contributed by atoms with Crippen molar-refractivity contribution in [3.8, 4) is 11.3 Å². The molecule has 6 rings (SSSR count). The molecule has 1 aliphatic heterocycles. The van der Waals surface area contributed by atoms with Crippen LogP contribution in [0.2, 0.25) is 0 Å². The topological polar surface area (TPSA) is 89.3 Å². The molecule has 200 valence electrons. The van der Waals surface area contributed by atoms with E-state index in [9.17, 15) is 9.18 Å². The van der Waals surface area contributed by atoms with Gasteiger partial charge in [-0.25, -0.2) is 19.3 Å². The summed E-state index contributed by atoms with van der Waals surface area (Å²) in [4.78, 5) is 34.3. The van der Waals surface area contributed by atoms with Crippen molar-refractivity contribution in [2.45, 2.75) is 6.10 Å². The van der Waals surface area contributed by atoms with Gasteiger partial charge >= 0.3 is 0 Å². The van der Waals surface area contributed by atoms with Crippen molar-refractivity contribution in [1.29, 1.82) is 0 Å². The molecule has 0 N–H and O–H groups in total. The number of benzene rings is 1. The zero-order valence-corrected chi connectivity index (χ0v) is 21.8. The summed E-state index contributed by atoms with van der Waals surface area (Å²) in [6, 6.07) is 22.5. The van der Waals surface area contributed by atoms with Crippen molar-refractivity contribution < 1.29 is 9.13 Å². The fourth-order valence-corrected chi connectivity index (χ4v) is 4.76. The fraction of sp³-hybridized carbons (Fsp3) is 0.167. The number of ether oxygens (including phenoxy) is 1. The van der Waals surface area contributed by atoms with Gasteiger partial charge in [-0.2, -0.15) is 0 Å². The van der Waals surface area contributed by atoms with E-state index in [4.69, 9.17) is 4.74 Å². The predicted octanol–water partition coefficient (Wildman–Crippen LogP) is 4.82. The average Bonchev–Trinajstić information content (AvgIpc) is 3.00. The molecule has 0 amide bonds. The number of pyridine rings is 3. The molecule has 10 heteroatoms. The molecule has 1 aliphatic rings. The highest BCUT2D eigenvalue weighted by Crippen LogP contribution is 2.33. The number of rotatable bonds is 6. The summed E-state index contributed by atoms with van der Waals surface area (Å²) in [5, 5.41) is 0. The molecule has 1 aromatic carbocycles. The zero-order chi connectivity index (χ0) is 27.5. The Kier molecular flexibility index (Phi) is 6.98. The first-order valence-corrected chi connectivity index (χ1v) is 12.8. The number of halogens is 1. The van der Waals surface area contributed by atoms with Crippen LogP contribution in [0.5, 0.6) is 0 Å². The Morgan fingerprint density at radius 2 is 1.68 bits per heavy atom. The minimum Gasteiger partial charge on any atom is -0.370 e. The maximum Gasteiger partial charge on any atom is 0.255 e. The second kappa shape index (κ2) is 11.0. The van der Waals surface area contributed by atoms with Gasteiger partial charge in [0, 0.05) is 49.5 Å². The number of hydrogen-bond acceptors (Lipinski definition) is 8. The van der Waals surface area contributed by atoms with Crippen LogP contribution in [-0.2, 0) is 11.8 Å². The lowest BCUT2D eigenvalue weighted by molar-refractivity contribution is 0.0390. The van der Waals surface area contributed by atoms with Crippen LogP contribution in [0.3, 0.4) is 0 Å². The second-order valence-corrected chi connectivity index (χ2v) is 9.30. The van der Waals surface area contributed by atoms with Gasteiger partial charge in [-0.3, -0.25) is 19.2 Å². The summed E-state index contributed by atoms with van der Waals surface area (Å²) in [7, 11) is 1.67. The second-order valence-electron chi connectivity index (χ2n) is 9.30. The Morgan fingerprint density at radius 1 is 0.950 bits per heavy atom. The van der Waals surface area contributed by atoms with Crippen molar-refractivity contribution >= 4 is 23.3 Å². The molecule has 0 aliphatic carbocycles. The van der Waals surface area contributed by atoms with E-state index < -0.39 is 5.82 Å². The van der Waals surface area contributed by atoms with Gasteiger partial charge in [0.2, 0.25) is 5.95 Å². The van der Waals surface area contributed by atoms with Gasteiger partial charge < -0.3 is 9.64 Å². The van der Waals surface area contributed by atoms with Crippen LogP contribution in [0, 0.1) is 5.82 Å². The van der Waals surface area contributed by atoms with Crippen molar-refractivity contribution in [2.75, 3.05) is 29.5 Å². The minimum atomic E-state index is -0.528. The Labute approximate surface area is 230 Å². The van der Waals surface area contributed by atoms with Crippen LogP contribution < -0.4 is 15.4 Å². The highest BCUT2D eigenvalue weighted by Gasteiger charge is 2.26. The van der Waals surface area contributed by atoms with Gasteiger partial charge in [-0.15, -0.1) is 0 Å². The van der Waals surface area contributed by atoms with Gasteiger partial charge in [-0.05, 0) is 48.0 Å². The van der Waals surface area contributed by atoms with E-state index >= 15 is 0 Å². The number of morpholine rings is 1. The first-order chi connectivity index (χ1) is 19.6. The molecule has 5 heterocycles. The molecule has 0 saturated carbocycles. The molecule has 1 atom stereocenters. The van der Waals surface area contributed by atoms with Crippen LogP contribution in [0.15, 0.2) is 102 Å². The van der Waals surface area contributed by atoms with Crippen molar-refractivity contribution in [1.82, 2.24) is 24.5 Å². The van der Waals surface area contributed by atoms with Gasteiger partial charge in [0.25, 0.3) is 5.56 Å².